The molecule has 4 N–H and O–H groups in total. The molecule has 0 saturated carbocycles. The van der Waals surface area contributed by atoms with E-state index in [9.17, 15) is 0 Å². The minimum Gasteiger partial charge on any atom is -0.368 e. The van der Waals surface area contributed by atoms with Crippen LogP contribution in [-0.2, 0) is 6.42 Å². The van der Waals surface area contributed by atoms with Gasteiger partial charge in [-0.2, -0.15) is 15.0 Å². The zero-order valence-corrected chi connectivity index (χ0v) is 7.86. The number of nitrogens with two attached hydrogens (primary N) is 2. The maximum atomic E-state index is 5.50. The molecule has 1 aromatic rings. The second kappa shape index (κ2) is 3.99. The van der Waals surface area contributed by atoms with Crippen LogP contribution < -0.4 is 16.4 Å². The maximum Gasteiger partial charge on any atom is 0.229 e. The van der Waals surface area contributed by atoms with Crippen LogP contribution in [0.3, 0.4) is 0 Å². The third-order valence-corrected chi connectivity index (χ3v) is 1.46. The van der Waals surface area contributed by atoms with Gasteiger partial charge in [-0.3, -0.25) is 0 Å². The molecule has 0 unspecified atom stereocenters. The van der Waals surface area contributed by atoms with E-state index in [1.807, 2.05) is 14.1 Å². The Balaban J connectivity index is 2.96. The molecule has 0 bridgehead atoms. The van der Waals surface area contributed by atoms with Crippen LogP contribution in [0.15, 0.2) is 0 Å². The Hall–Kier alpha value is -1.43. The van der Waals surface area contributed by atoms with E-state index in [1.165, 1.54) is 0 Å². The molecule has 0 amide bonds. The van der Waals surface area contributed by atoms with Crippen LogP contribution in [0.1, 0.15) is 5.82 Å². The van der Waals surface area contributed by atoms with Crippen LogP contribution in [0.5, 0.6) is 0 Å². The van der Waals surface area contributed by atoms with Crippen molar-refractivity contribution in [2.24, 2.45) is 5.73 Å². The lowest BCUT2D eigenvalue weighted by Crippen LogP contribution is -2.17. The van der Waals surface area contributed by atoms with E-state index in [2.05, 4.69) is 15.0 Å². The number of nitrogens with zero attached hydrogens (tertiary/aromatic N) is 4. The Morgan fingerprint density at radius 1 is 1.23 bits per heavy atom. The van der Waals surface area contributed by atoms with Crippen molar-refractivity contribution in [1.29, 1.82) is 0 Å². The van der Waals surface area contributed by atoms with Crippen LogP contribution in [0.2, 0.25) is 0 Å². The fourth-order valence-electron chi connectivity index (χ4n) is 0.866. The monoisotopic (exact) mass is 182 g/mol. The SMILES string of the molecule is CN(C)c1nc(N)nc(CCN)n1. The van der Waals surface area contributed by atoms with Gasteiger partial charge in [0.05, 0.1) is 0 Å². The van der Waals surface area contributed by atoms with Crippen molar-refractivity contribution in [2.45, 2.75) is 6.42 Å². The predicted molar refractivity (Wildman–Crippen MR) is 51.3 cm³/mol. The summed E-state index contributed by atoms with van der Waals surface area (Å²) in [6, 6.07) is 0. The summed E-state index contributed by atoms with van der Waals surface area (Å²) >= 11 is 0. The van der Waals surface area contributed by atoms with Crippen molar-refractivity contribution in [3.63, 3.8) is 0 Å². The van der Waals surface area contributed by atoms with Gasteiger partial charge in [0.1, 0.15) is 5.82 Å². The minimum absolute atomic E-state index is 0.238. The highest BCUT2D eigenvalue weighted by atomic mass is 15.3. The van der Waals surface area contributed by atoms with E-state index in [4.69, 9.17) is 11.5 Å². The summed E-state index contributed by atoms with van der Waals surface area (Å²) < 4.78 is 0. The zero-order valence-electron chi connectivity index (χ0n) is 7.86. The van der Waals surface area contributed by atoms with Crippen molar-refractivity contribution in [3.8, 4) is 0 Å². The topological polar surface area (TPSA) is 94.0 Å². The normalized spacial score (nSPS) is 10.1. The molecule has 0 radical (unpaired) electrons. The molecule has 0 atom stereocenters. The van der Waals surface area contributed by atoms with Gasteiger partial charge in [0, 0.05) is 20.5 Å². The van der Waals surface area contributed by atoms with Gasteiger partial charge in [-0.15, -0.1) is 0 Å². The Labute approximate surface area is 77.0 Å². The van der Waals surface area contributed by atoms with E-state index < -0.39 is 0 Å². The Morgan fingerprint density at radius 2 is 1.92 bits per heavy atom. The number of nitrogen functional groups attached to an aromatic ring is 1. The summed E-state index contributed by atoms with van der Waals surface area (Å²) in [5, 5.41) is 0. The van der Waals surface area contributed by atoms with Crippen LogP contribution in [-0.4, -0.2) is 35.6 Å². The van der Waals surface area contributed by atoms with E-state index in [1.54, 1.807) is 4.90 Å². The Kier molecular flexibility index (Phi) is 2.97. The smallest absolute Gasteiger partial charge is 0.229 e. The largest absolute Gasteiger partial charge is 0.368 e. The third-order valence-electron chi connectivity index (χ3n) is 1.46. The maximum absolute atomic E-state index is 5.50. The number of anilines is 2. The zero-order chi connectivity index (χ0) is 9.84. The molecule has 0 aliphatic carbocycles. The molecule has 0 saturated heterocycles. The molecule has 6 nitrogen and oxygen atoms in total. The number of aromatic nitrogens is 3. The highest BCUT2D eigenvalue weighted by Crippen LogP contribution is 2.05. The Bertz CT molecular complexity index is 284. The summed E-state index contributed by atoms with van der Waals surface area (Å²) in [6.07, 6.45) is 0.619. The molecule has 1 rings (SSSR count). The molecule has 0 aliphatic rings. The van der Waals surface area contributed by atoms with Gasteiger partial charge >= 0.3 is 0 Å². The fraction of sp³-hybridized carbons (Fsp3) is 0.571. The first kappa shape index (κ1) is 9.66. The highest BCUT2D eigenvalue weighted by Gasteiger charge is 2.04. The molecule has 6 heteroatoms. The molecular weight excluding hydrogens is 168 g/mol. The Morgan fingerprint density at radius 3 is 2.46 bits per heavy atom. The quantitative estimate of drug-likeness (QED) is 0.624. The van der Waals surface area contributed by atoms with Crippen molar-refractivity contribution >= 4 is 11.9 Å². The lowest BCUT2D eigenvalue weighted by atomic mass is 10.4. The van der Waals surface area contributed by atoms with Gasteiger partial charge in [-0.25, -0.2) is 0 Å². The molecule has 72 valence electrons. The van der Waals surface area contributed by atoms with Crippen LogP contribution in [0.4, 0.5) is 11.9 Å². The summed E-state index contributed by atoms with van der Waals surface area (Å²) in [4.78, 5) is 13.9. The minimum atomic E-state index is 0.238. The van der Waals surface area contributed by atoms with Gasteiger partial charge in [-0.1, -0.05) is 0 Å². The van der Waals surface area contributed by atoms with Crippen molar-refractivity contribution in [2.75, 3.05) is 31.3 Å². The van der Waals surface area contributed by atoms with Crippen molar-refractivity contribution < 1.29 is 0 Å². The van der Waals surface area contributed by atoms with Gasteiger partial charge < -0.3 is 16.4 Å². The molecule has 0 aliphatic heterocycles. The van der Waals surface area contributed by atoms with Crippen LogP contribution in [0, 0.1) is 0 Å². The molecule has 0 fully saturated rings. The lowest BCUT2D eigenvalue weighted by molar-refractivity contribution is 0.835. The van der Waals surface area contributed by atoms with Gasteiger partial charge in [-0.05, 0) is 6.54 Å². The summed E-state index contributed by atoms with van der Waals surface area (Å²) in [6.45, 7) is 0.510. The molecule has 1 heterocycles. The number of rotatable bonds is 3. The first-order valence-corrected chi connectivity index (χ1v) is 4.01. The fourth-order valence-corrected chi connectivity index (χ4v) is 0.866. The third kappa shape index (κ3) is 2.51. The van der Waals surface area contributed by atoms with E-state index >= 15 is 0 Å². The van der Waals surface area contributed by atoms with Gasteiger partial charge in [0.2, 0.25) is 11.9 Å². The summed E-state index contributed by atoms with van der Waals surface area (Å²) in [5.74, 6) is 1.44. The molecule has 0 aromatic carbocycles. The standard InChI is InChI=1S/C7H14N6/c1-13(2)7-11-5(3-4-8)10-6(9)12-7/h3-4,8H2,1-2H3,(H2,9,10,11,12). The van der Waals surface area contributed by atoms with E-state index in [-0.39, 0.29) is 5.95 Å². The van der Waals surface area contributed by atoms with E-state index in [0.29, 0.717) is 24.7 Å². The predicted octanol–water partition coefficient (Wildman–Crippen LogP) is -0.979. The van der Waals surface area contributed by atoms with Crippen LogP contribution >= 0.6 is 0 Å². The first-order chi connectivity index (χ1) is 6.13. The summed E-state index contributed by atoms with van der Waals surface area (Å²) in [5.41, 5.74) is 10.9. The average molecular weight is 182 g/mol. The van der Waals surface area contributed by atoms with Gasteiger partial charge in [0.15, 0.2) is 0 Å². The first-order valence-electron chi connectivity index (χ1n) is 4.01. The number of hydrogen-bond donors (Lipinski definition) is 2. The molecule has 1 aromatic heterocycles. The van der Waals surface area contributed by atoms with Gasteiger partial charge in [0.25, 0.3) is 0 Å². The lowest BCUT2D eigenvalue weighted by Gasteiger charge is -2.10. The second-order valence-electron chi connectivity index (χ2n) is 2.84. The second-order valence-corrected chi connectivity index (χ2v) is 2.84. The van der Waals surface area contributed by atoms with Crippen molar-refractivity contribution in [3.05, 3.63) is 5.82 Å². The average Bonchev–Trinajstić information content (AvgIpc) is 2.03. The molecule has 0 spiro atoms. The van der Waals surface area contributed by atoms with Crippen LogP contribution in [0.25, 0.3) is 0 Å². The number of hydrogen-bond acceptors (Lipinski definition) is 6. The summed E-state index contributed by atoms with van der Waals surface area (Å²) in [7, 11) is 3.70. The molecular formula is C7H14N6. The van der Waals surface area contributed by atoms with E-state index in [0.717, 1.165) is 0 Å². The highest BCUT2D eigenvalue weighted by molar-refractivity contribution is 5.32. The molecule has 13 heavy (non-hydrogen) atoms. The van der Waals surface area contributed by atoms with Crippen molar-refractivity contribution in [1.82, 2.24) is 15.0 Å².